The number of ketones is 1. The predicted molar refractivity (Wildman–Crippen MR) is 119 cm³/mol. The number of carboxylic acids is 1. The van der Waals surface area contributed by atoms with E-state index in [1.807, 2.05) is 0 Å². The summed E-state index contributed by atoms with van der Waals surface area (Å²) in [6, 6.07) is 0. The molecule has 0 spiro atoms. The Balaban J connectivity index is 3.62. The molecule has 0 aliphatic rings. The number of rotatable bonds is 21. The smallest absolute Gasteiger partial charge is 0.337 e. The van der Waals surface area contributed by atoms with E-state index in [4.69, 9.17) is 14.6 Å². The van der Waals surface area contributed by atoms with Crippen LogP contribution in [0, 0.1) is 0 Å². The molecule has 0 amide bonds. The SMILES string of the molecule is CCCCCCCCCCCCCCCCCC(=O)O[C@H](C(C)=O)[C@H](OC)C(=O)O. The van der Waals surface area contributed by atoms with E-state index in [0.29, 0.717) is 6.42 Å². The monoisotopic (exact) mass is 428 g/mol. The lowest BCUT2D eigenvalue weighted by molar-refractivity contribution is -0.172. The molecule has 0 rings (SSSR count). The van der Waals surface area contributed by atoms with Crippen LogP contribution < -0.4 is 0 Å². The van der Waals surface area contributed by atoms with E-state index in [-0.39, 0.29) is 6.42 Å². The average molecular weight is 429 g/mol. The van der Waals surface area contributed by atoms with Crippen LogP contribution in [0.2, 0.25) is 0 Å². The van der Waals surface area contributed by atoms with Gasteiger partial charge in [0.25, 0.3) is 0 Å². The minimum absolute atomic E-state index is 0.193. The molecule has 0 bridgehead atoms. The lowest BCUT2D eigenvalue weighted by Crippen LogP contribution is -2.43. The van der Waals surface area contributed by atoms with E-state index in [9.17, 15) is 14.4 Å². The first-order chi connectivity index (χ1) is 14.4. The minimum Gasteiger partial charge on any atom is -0.479 e. The first kappa shape index (κ1) is 28.6. The number of unbranched alkanes of at least 4 members (excludes halogenated alkanes) is 14. The van der Waals surface area contributed by atoms with Gasteiger partial charge >= 0.3 is 11.9 Å². The van der Waals surface area contributed by atoms with Gasteiger partial charge in [-0.05, 0) is 13.3 Å². The number of carbonyl (C=O) groups is 3. The summed E-state index contributed by atoms with van der Waals surface area (Å²) in [5.74, 6) is -2.40. The number of Topliss-reactive ketones (excluding diaryl/α,β-unsaturated/α-hetero) is 1. The Morgan fingerprint density at radius 1 is 0.700 bits per heavy atom. The van der Waals surface area contributed by atoms with E-state index in [0.717, 1.165) is 12.8 Å². The number of ether oxygens (including phenoxy) is 2. The summed E-state index contributed by atoms with van der Waals surface area (Å²) in [5, 5.41) is 9.05. The minimum atomic E-state index is -1.47. The lowest BCUT2D eigenvalue weighted by atomic mass is 10.0. The van der Waals surface area contributed by atoms with Crippen LogP contribution >= 0.6 is 0 Å². The van der Waals surface area contributed by atoms with Gasteiger partial charge in [-0.2, -0.15) is 0 Å². The van der Waals surface area contributed by atoms with Gasteiger partial charge in [0.1, 0.15) is 0 Å². The van der Waals surface area contributed by atoms with Gasteiger partial charge in [-0.15, -0.1) is 0 Å². The fraction of sp³-hybridized carbons (Fsp3) is 0.875. The zero-order valence-electron chi connectivity index (χ0n) is 19.5. The Bertz CT molecular complexity index is 463. The second-order valence-corrected chi connectivity index (χ2v) is 8.22. The quantitative estimate of drug-likeness (QED) is 0.182. The van der Waals surface area contributed by atoms with Crippen LogP contribution in [0.4, 0.5) is 0 Å². The summed E-state index contributed by atoms with van der Waals surface area (Å²) in [4.78, 5) is 34.6. The second-order valence-electron chi connectivity index (χ2n) is 8.22. The third-order valence-corrected chi connectivity index (χ3v) is 5.42. The van der Waals surface area contributed by atoms with Crippen LogP contribution in [0.25, 0.3) is 0 Å². The molecule has 30 heavy (non-hydrogen) atoms. The molecule has 0 aliphatic carbocycles. The second kappa shape index (κ2) is 19.5. The van der Waals surface area contributed by atoms with Crippen LogP contribution in [-0.4, -0.2) is 42.1 Å². The van der Waals surface area contributed by atoms with Gasteiger partial charge in [0, 0.05) is 13.5 Å². The van der Waals surface area contributed by atoms with Gasteiger partial charge in [0.05, 0.1) is 0 Å². The van der Waals surface area contributed by atoms with Gasteiger partial charge in [0.15, 0.2) is 18.0 Å². The molecule has 6 nitrogen and oxygen atoms in total. The number of methoxy groups -OCH3 is 1. The van der Waals surface area contributed by atoms with E-state index < -0.39 is 29.9 Å². The number of aliphatic carboxylic acids is 1. The molecule has 6 heteroatoms. The van der Waals surface area contributed by atoms with Crippen LogP contribution in [-0.2, 0) is 23.9 Å². The fourth-order valence-corrected chi connectivity index (χ4v) is 3.55. The standard InChI is InChI=1S/C24H44O6/c1-4-5-6-7-8-9-10-11-12-13-14-15-16-17-18-19-21(26)30-22(20(2)25)23(29-3)24(27)28/h22-23H,4-19H2,1-3H3,(H,27,28)/t22-,23+/m1/s1. The van der Waals surface area contributed by atoms with Crippen LogP contribution in [0.5, 0.6) is 0 Å². The summed E-state index contributed by atoms with van der Waals surface area (Å²) in [7, 11) is 1.18. The van der Waals surface area contributed by atoms with E-state index in [1.54, 1.807) is 0 Å². The van der Waals surface area contributed by atoms with Crippen LogP contribution in [0.15, 0.2) is 0 Å². The number of esters is 1. The molecule has 0 radical (unpaired) electrons. The highest BCUT2D eigenvalue weighted by Gasteiger charge is 2.34. The molecular formula is C24H44O6. The summed E-state index contributed by atoms with van der Waals surface area (Å²) < 4.78 is 9.82. The molecule has 0 aliphatic heterocycles. The molecule has 0 heterocycles. The first-order valence-corrected chi connectivity index (χ1v) is 11.9. The van der Waals surface area contributed by atoms with Crippen molar-refractivity contribution >= 4 is 17.7 Å². The van der Waals surface area contributed by atoms with Crippen molar-refractivity contribution in [2.24, 2.45) is 0 Å². The third-order valence-electron chi connectivity index (χ3n) is 5.42. The zero-order valence-corrected chi connectivity index (χ0v) is 19.5. The molecule has 2 atom stereocenters. The van der Waals surface area contributed by atoms with Gasteiger partial charge in [-0.25, -0.2) is 4.79 Å². The van der Waals surface area contributed by atoms with Crippen molar-refractivity contribution in [3.05, 3.63) is 0 Å². The van der Waals surface area contributed by atoms with Crippen molar-refractivity contribution < 1.29 is 29.0 Å². The Morgan fingerprint density at radius 3 is 1.43 bits per heavy atom. The zero-order chi connectivity index (χ0) is 22.6. The highest BCUT2D eigenvalue weighted by atomic mass is 16.6. The normalized spacial score (nSPS) is 13.0. The summed E-state index contributed by atoms with van der Waals surface area (Å²) in [5.41, 5.74) is 0. The van der Waals surface area contributed by atoms with E-state index in [1.165, 1.54) is 91.1 Å². The molecule has 176 valence electrons. The molecule has 0 aromatic rings. The maximum atomic E-state index is 11.9. The first-order valence-electron chi connectivity index (χ1n) is 11.9. The molecule has 0 saturated heterocycles. The highest BCUT2D eigenvalue weighted by molar-refractivity contribution is 5.89. The summed E-state index contributed by atoms with van der Waals surface area (Å²) >= 11 is 0. The molecule has 0 aromatic carbocycles. The maximum Gasteiger partial charge on any atom is 0.337 e. The van der Waals surface area contributed by atoms with Crippen molar-refractivity contribution in [3.8, 4) is 0 Å². The molecule has 1 N–H and O–H groups in total. The fourth-order valence-electron chi connectivity index (χ4n) is 3.55. The third kappa shape index (κ3) is 15.4. The predicted octanol–water partition coefficient (Wildman–Crippen LogP) is 5.85. The van der Waals surface area contributed by atoms with Crippen LogP contribution in [0.3, 0.4) is 0 Å². The van der Waals surface area contributed by atoms with Gasteiger partial charge in [-0.3, -0.25) is 9.59 Å². The Kier molecular flexibility index (Phi) is 18.6. The lowest BCUT2D eigenvalue weighted by Gasteiger charge is -2.20. The average Bonchev–Trinajstić information content (AvgIpc) is 2.70. The van der Waals surface area contributed by atoms with Gasteiger partial charge < -0.3 is 14.6 Å². The van der Waals surface area contributed by atoms with Crippen molar-refractivity contribution in [2.45, 2.75) is 129 Å². The van der Waals surface area contributed by atoms with Crippen LogP contribution in [0.1, 0.15) is 117 Å². The molecule has 0 fully saturated rings. The summed E-state index contributed by atoms with van der Waals surface area (Å²) in [6.45, 7) is 3.45. The van der Waals surface area contributed by atoms with Crippen molar-refractivity contribution in [1.82, 2.24) is 0 Å². The Hall–Kier alpha value is -1.43. The van der Waals surface area contributed by atoms with Gasteiger partial charge in [0.2, 0.25) is 0 Å². The Labute approximate surface area is 183 Å². The van der Waals surface area contributed by atoms with Gasteiger partial charge in [-0.1, -0.05) is 96.8 Å². The number of hydrogen-bond acceptors (Lipinski definition) is 5. The topological polar surface area (TPSA) is 89.9 Å². The number of carboxylic acid groups (broad SMARTS) is 1. The molecule has 0 saturated carbocycles. The largest absolute Gasteiger partial charge is 0.479 e. The molecule has 0 unspecified atom stereocenters. The molecular weight excluding hydrogens is 384 g/mol. The van der Waals surface area contributed by atoms with Crippen molar-refractivity contribution in [2.75, 3.05) is 7.11 Å². The van der Waals surface area contributed by atoms with Crippen molar-refractivity contribution in [1.29, 1.82) is 0 Å². The Morgan fingerprint density at radius 2 is 1.10 bits per heavy atom. The maximum absolute atomic E-state index is 11.9. The van der Waals surface area contributed by atoms with Crippen molar-refractivity contribution in [3.63, 3.8) is 0 Å². The summed E-state index contributed by atoms with van der Waals surface area (Å²) in [6.07, 6.45) is 16.0. The van der Waals surface area contributed by atoms with E-state index >= 15 is 0 Å². The number of carbonyl (C=O) groups excluding carboxylic acids is 2. The number of hydrogen-bond donors (Lipinski definition) is 1. The van der Waals surface area contributed by atoms with E-state index in [2.05, 4.69) is 6.92 Å². The highest BCUT2D eigenvalue weighted by Crippen LogP contribution is 2.14. The molecule has 0 aromatic heterocycles.